The van der Waals surface area contributed by atoms with Gasteiger partial charge in [-0.3, -0.25) is 19.2 Å². The fourth-order valence-corrected chi connectivity index (χ4v) is 5.80. The molecular formula is C39H57N3O12. The monoisotopic (exact) mass is 763 g/mol. The number of carbonyl (C=O) groups excluding carboxylic acids is 5. The summed E-state index contributed by atoms with van der Waals surface area (Å²) in [6.45, 7) is -2.57. The molecule has 1 unspecified atom stereocenters. The van der Waals surface area contributed by atoms with Gasteiger partial charge in [0, 0.05) is 38.0 Å². The smallest absolute Gasteiger partial charge is 0.338 e. The van der Waals surface area contributed by atoms with E-state index in [-0.39, 0.29) is 5.56 Å². The van der Waals surface area contributed by atoms with Gasteiger partial charge in [0.1, 0.15) is 24.9 Å². The third kappa shape index (κ3) is 18.0. The van der Waals surface area contributed by atoms with E-state index in [1.54, 1.807) is 36.4 Å². The summed E-state index contributed by atoms with van der Waals surface area (Å²) in [5, 5.41) is 3.82. The highest BCUT2D eigenvalue weighted by Crippen LogP contribution is 2.30. The van der Waals surface area contributed by atoms with Crippen molar-refractivity contribution >= 4 is 29.8 Å². The molecule has 1 fully saturated rings. The molecular weight excluding hydrogens is 702 g/mol. The molecule has 0 aliphatic carbocycles. The molecule has 1 aromatic rings. The third-order valence-corrected chi connectivity index (χ3v) is 8.37. The Hall–Kier alpha value is -4.46. The van der Waals surface area contributed by atoms with Crippen LogP contribution in [-0.2, 0) is 52.3 Å². The maximum absolute atomic E-state index is 13.2. The Morgan fingerprint density at radius 2 is 1.39 bits per heavy atom. The van der Waals surface area contributed by atoms with Crippen LogP contribution < -0.4 is 0 Å². The van der Waals surface area contributed by atoms with Crippen molar-refractivity contribution in [3.05, 3.63) is 58.5 Å². The Morgan fingerprint density at radius 3 is 1.98 bits per heavy atom. The van der Waals surface area contributed by atoms with E-state index in [2.05, 4.69) is 16.9 Å². The zero-order chi connectivity index (χ0) is 42.5. The number of ether oxygens (including phenoxy) is 7. The lowest BCUT2D eigenvalue weighted by molar-refractivity contribution is -0.309. The second-order valence-electron chi connectivity index (χ2n) is 12.7. The number of hydrogen-bond acceptors (Lipinski definition) is 13. The van der Waals surface area contributed by atoms with Crippen molar-refractivity contribution in [2.45, 2.75) is 154 Å². The zero-order valence-electron chi connectivity index (χ0n) is 35.1. The predicted octanol–water partition coefficient (Wildman–Crippen LogP) is 7.25. The third-order valence-electron chi connectivity index (χ3n) is 8.37. The van der Waals surface area contributed by atoms with Gasteiger partial charge in [-0.05, 0) is 36.6 Å². The predicted molar refractivity (Wildman–Crippen MR) is 197 cm³/mol. The van der Waals surface area contributed by atoms with Gasteiger partial charge >= 0.3 is 29.8 Å². The first-order chi connectivity index (χ1) is 28.1. The van der Waals surface area contributed by atoms with Crippen LogP contribution in [0.3, 0.4) is 0 Å². The first kappa shape index (κ1) is 39.2. The average molecular weight is 764 g/mol. The summed E-state index contributed by atoms with van der Waals surface area (Å²) in [6.07, 6.45) is 7.19. The number of carbonyl (C=O) groups is 5. The standard InChI is InChI=1S/C39H57N3O12/c1-6-7-8-9-10-11-12-13-14-15-16-17-21-24-33(53-38(47)31-22-19-18-20-23-31)32(41-42-40)25-49-39-37(52-30(5)46)36(51-29(4)45)35(50-28(3)44)34(54-39)26-48-27(2)43/h18-24,32-37,39H,6-17,25-26H2,1-5H3/b24-21+/t32-,33+,34+,35-,36-,37+,39?/m0/s1/i2D,3D,4D,5D. The van der Waals surface area contributed by atoms with Gasteiger partial charge < -0.3 is 33.2 Å². The molecule has 0 spiro atoms. The summed E-state index contributed by atoms with van der Waals surface area (Å²) in [4.78, 5) is 65.4. The maximum atomic E-state index is 13.2. The number of hydrogen-bond donors (Lipinski definition) is 0. The van der Waals surface area contributed by atoms with E-state index in [0.29, 0.717) is 6.42 Å². The van der Waals surface area contributed by atoms with Crippen LogP contribution in [0.25, 0.3) is 10.4 Å². The van der Waals surface area contributed by atoms with Crippen LogP contribution in [0.2, 0.25) is 0 Å². The number of nitrogens with zero attached hydrogens (tertiary/aromatic N) is 3. The number of unbranched alkanes of at least 4 members (excludes halogenated alkanes) is 11. The Morgan fingerprint density at radius 1 is 0.815 bits per heavy atom. The van der Waals surface area contributed by atoms with Crippen molar-refractivity contribution < 1.29 is 62.6 Å². The van der Waals surface area contributed by atoms with E-state index >= 15 is 0 Å². The lowest BCUT2D eigenvalue weighted by Crippen LogP contribution is -2.63. The molecule has 15 nitrogen and oxygen atoms in total. The lowest BCUT2D eigenvalue weighted by Gasteiger charge is -2.44. The Bertz CT molecular complexity index is 1470. The zero-order valence-corrected chi connectivity index (χ0v) is 31.1. The summed E-state index contributed by atoms with van der Waals surface area (Å²) in [7, 11) is 0. The van der Waals surface area contributed by atoms with Crippen LogP contribution >= 0.6 is 0 Å². The van der Waals surface area contributed by atoms with Crippen molar-refractivity contribution in [3.8, 4) is 0 Å². The number of esters is 5. The van der Waals surface area contributed by atoms with Crippen molar-refractivity contribution in [2.75, 3.05) is 13.2 Å². The topological polar surface area (TPSA) is 199 Å². The van der Waals surface area contributed by atoms with E-state index in [9.17, 15) is 29.5 Å². The van der Waals surface area contributed by atoms with Crippen LogP contribution in [0.5, 0.6) is 0 Å². The molecule has 0 bridgehead atoms. The van der Waals surface area contributed by atoms with E-state index in [1.165, 1.54) is 44.9 Å². The molecule has 1 aliphatic rings. The first-order valence-corrected chi connectivity index (χ1v) is 18.3. The minimum Gasteiger partial charge on any atom is -0.463 e. The summed E-state index contributed by atoms with van der Waals surface area (Å²) in [5.41, 5.74) is 9.80. The number of azide groups is 1. The van der Waals surface area contributed by atoms with Crippen LogP contribution in [0, 0.1) is 0 Å². The second kappa shape index (κ2) is 26.3. The molecule has 1 heterocycles. The Labute approximate surface area is 323 Å². The maximum Gasteiger partial charge on any atom is 0.338 e. The largest absolute Gasteiger partial charge is 0.463 e. The van der Waals surface area contributed by atoms with E-state index < -0.39 is 114 Å². The molecule has 54 heavy (non-hydrogen) atoms. The van der Waals surface area contributed by atoms with Crippen molar-refractivity contribution in [2.24, 2.45) is 5.11 Å². The lowest BCUT2D eigenvalue weighted by atomic mass is 9.98. The highest BCUT2D eigenvalue weighted by molar-refractivity contribution is 5.89. The number of allylic oxidation sites excluding steroid dienone is 1. The SMILES string of the molecule is [2H]CC(=O)OC[C@H]1OC(OC[C@H](N=[N+]=[N-])[C@@H](/C=C/CCCCCCCCCCCCC)OC(=O)c2ccccc2)[C@H](OC(=O)C[2H])[C@@H](OC(=O)C[2H])[C@H]1OC(=O)C[2H]. The summed E-state index contributed by atoms with van der Waals surface area (Å²) >= 11 is 0. The van der Waals surface area contributed by atoms with Crippen molar-refractivity contribution in [1.82, 2.24) is 0 Å². The summed E-state index contributed by atoms with van der Waals surface area (Å²) in [5.74, 6) is -5.16. The van der Waals surface area contributed by atoms with E-state index in [1.807, 2.05) is 6.08 Å². The quantitative estimate of drug-likeness (QED) is 0.0184. The van der Waals surface area contributed by atoms with Gasteiger partial charge in [-0.25, -0.2) is 4.79 Å². The van der Waals surface area contributed by atoms with Crippen LogP contribution in [-0.4, -0.2) is 85.9 Å². The fourth-order valence-electron chi connectivity index (χ4n) is 5.80. The van der Waals surface area contributed by atoms with Crippen LogP contribution in [0.15, 0.2) is 47.6 Å². The van der Waals surface area contributed by atoms with Gasteiger partial charge in [0.05, 0.1) is 12.2 Å². The highest BCUT2D eigenvalue weighted by atomic mass is 16.7. The molecule has 2 rings (SSSR count). The first-order valence-electron chi connectivity index (χ1n) is 21.1. The van der Waals surface area contributed by atoms with Gasteiger partial charge in [-0.15, -0.1) is 0 Å². The molecule has 1 saturated heterocycles. The molecule has 7 atom stereocenters. The molecule has 0 saturated carbocycles. The molecule has 0 radical (unpaired) electrons. The summed E-state index contributed by atoms with van der Waals surface area (Å²) < 4.78 is 68.6. The second-order valence-corrected chi connectivity index (χ2v) is 12.7. The number of rotatable bonds is 25. The fraction of sp³-hybridized carbons (Fsp3) is 0.667. The normalized spacial score (nSPS) is 21.5. The molecule has 0 amide bonds. The Balaban J connectivity index is 2.34. The molecule has 1 aliphatic heterocycles. The highest BCUT2D eigenvalue weighted by Gasteiger charge is 2.53. The van der Waals surface area contributed by atoms with Gasteiger partial charge in [0.2, 0.25) is 0 Å². The minimum atomic E-state index is -1.78. The molecule has 0 aromatic heterocycles. The van der Waals surface area contributed by atoms with Gasteiger partial charge in [0.25, 0.3) is 0 Å². The van der Waals surface area contributed by atoms with Crippen LogP contribution in [0.4, 0.5) is 0 Å². The van der Waals surface area contributed by atoms with Gasteiger partial charge in [-0.1, -0.05) is 101 Å². The molecule has 300 valence electrons. The molecule has 15 heteroatoms. The van der Waals surface area contributed by atoms with Crippen LogP contribution in [0.1, 0.15) is 127 Å². The molecule has 1 aromatic carbocycles. The minimum absolute atomic E-state index is 0.224. The Kier molecular flexibility index (Phi) is 19.1. The van der Waals surface area contributed by atoms with Crippen molar-refractivity contribution in [3.63, 3.8) is 0 Å². The van der Waals surface area contributed by atoms with Gasteiger partial charge in [-0.2, -0.15) is 0 Å². The van der Waals surface area contributed by atoms with E-state index in [4.69, 9.17) is 38.6 Å². The summed E-state index contributed by atoms with van der Waals surface area (Å²) in [6, 6.07) is 6.85. The van der Waals surface area contributed by atoms with E-state index in [0.717, 1.165) is 25.7 Å². The van der Waals surface area contributed by atoms with Gasteiger partial charge in [0.15, 0.2) is 24.6 Å². The molecule has 0 N–H and O–H groups in total. The van der Waals surface area contributed by atoms with Crippen molar-refractivity contribution in [1.29, 1.82) is 0 Å². The average Bonchev–Trinajstić information content (AvgIpc) is 3.24. The number of benzene rings is 1.